The Morgan fingerprint density at radius 2 is 1.96 bits per heavy atom. The number of carbonyl (C=O) groups excluding carboxylic acids is 1. The number of nitrogens with zero attached hydrogens (tertiary/aromatic N) is 2. The lowest BCUT2D eigenvalue weighted by Crippen LogP contribution is -2.11. The van der Waals surface area contributed by atoms with Gasteiger partial charge in [0.05, 0.1) is 12.8 Å². The molecule has 24 heavy (non-hydrogen) atoms. The number of anilines is 1. The summed E-state index contributed by atoms with van der Waals surface area (Å²) in [5, 5.41) is 5.29. The van der Waals surface area contributed by atoms with Crippen molar-refractivity contribution >= 4 is 22.4 Å². The Balaban J connectivity index is 1.84. The standard InChI is InChI=1S/C18H17N3O2S/c1-11-8-14(9-16(23-3)12(11)2)15-10-24-18(20-15)21-17(22)13-4-6-19-7-5-13/h4-10H,1-3H3,(H,20,21,22). The van der Waals surface area contributed by atoms with Crippen LogP contribution in [0, 0.1) is 13.8 Å². The number of benzene rings is 1. The zero-order chi connectivity index (χ0) is 17.1. The summed E-state index contributed by atoms with van der Waals surface area (Å²) in [4.78, 5) is 20.6. The van der Waals surface area contributed by atoms with Crippen LogP contribution < -0.4 is 10.1 Å². The second-order valence-electron chi connectivity index (χ2n) is 5.35. The van der Waals surface area contributed by atoms with Gasteiger partial charge in [-0.05, 0) is 49.2 Å². The molecule has 5 nitrogen and oxygen atoms in total. The number of ether oxygens (including phenoxy) is 1. The van der Waals surface area contributed by atoms with Crippen molar-refractivity contribution in [3.05, 3.63) is 58.7 Å². The molecule has 2 heterocycles. The molecule has 0 radical (unpaired) electrons. The molecular weight excluding hydrogens is 322 g/mol. The molecule has 6 heteroatoms. The van der Waals surface area contributed by atoms with Crippen molar-refractivity contribution in [2.45, 2.75) is 13.8 Å². The summed E-state index contributed by atoms with van der Waals surface area (Å²) in [6.07, 6.45) is 3.17. The van der Waals surface area contributed by atoms with Crippen molar-refractivity contribution in [2.75, 3.05) is 12.4 Å². The van der Waals surface area contributed by atoms with Gasteiger partial charge < -0.3 is 4.74 Å². The van der Waals surface area contributed by atoms with E-state index in [4.69, 9.17) is 4.74 Å². The molecule has 0 spiro atoms. The Labute approximate surface area is 144 Å². The van der Waals surface area contributed by atoms with E-state index in [2.05, 4.69) is 21.4 Å². The van der Waals surface area contributed by atoms with Gasteiger partial charge in [-0.1, -0.05) is 0 Å². The van der Waals surface area contributed by atoms with E-state index in [-0.39, 0.29) is 5.91 Å². The zero-order valence-electron chi connectivity index (χ0n) is 13.7. The molecular formula is C18H17N3O2S. The maximum atomic E-state index is 12.2. The molecule has 1 amide bonds. The van der Waals surface area contributed by atoms with Gasteiger partial charge in [0.15, 0.2) is 5.13 Å². The number of nitrogens with one attached hydrogen (secondary N) is 1. The highest BCUT2D eigenvalue weighted by atomic mass is 32.1. The molecule has 0 aliphatic heterocycles. The Morgan fingerprint density at radius 3 is 2.67 bits per heavy atom. The first-order valence-electron chi connectivity index (χ1n) is 7.41. The van der Waals surface area contributed by atoms with Crippen LogP contribution in [0.2, 0.25) is 0 Å². The van der Waals surface area contributed by atoms with Gasteiger partial charge in [0.2, 0.25) is 0 Å². The zero-order valence-corrected chi connectivity index (χ0v) is 14.5. The fourth-order valence-electron chi connectivity index (χ4n) is 2.32. The average molecular weight is 339 g/mol. The van der Waals surface area contributed by atoms with Crippen LogP contribution in [0.1, 0.15) is 21.5 Å². The van der Waals surface area contributed by atoms with Crippen LogP contribution in [-0.2, 0) is 0 Å². The van der Waals surface area contributed by atoms with E-state index in [1.807, 2.05) is 25.3 Å². The number of pyridine rings is 1. The van der Waals surface area contributed by atoms with Crippen molar-refractivity contribution in [1.82, 2.24) is 9.97 Å². The summed E-state index contributed by atoms with van der Waals surface area (Å²) in [5.74, 6) is 0.635. The second-order valence-corrected chi connectivity index (χ2v) is 6.21. The number of rotatable bonds is 4. The van der Waals surface area contributed by atoms with Crippen LogP contribution in [0.15, 0.2) is 42.0 Å². The van der Waals surface area contributed by atoms with Gasteiger partial charge in [-0.3, -0.25) is 15.1 Å². The van der Waals surface area contributed by atoms with E-state index >= 15 is 0 Å². The van der Waals surface area contributed by atoms with Gasteiger partial charge in [-0.25, -0.2) is 4.98 Å². The number of hydrogen-bond donors (Lipinski definition) is 1. The van der Waals surface area contributed by atoms with Gasteiger partial charge in [-0.2, -0.15) is 0 Å². The monoisotopic (exact) mass is 339 g/mol. The molecule has 0 fully saturated rings. The summed E-state index contributed by atoms with van der Waals surface area (Å²) in [5.41, 5.74) is 4.58. The lowest BCUT2D eigenvalue weighted by atomic mass is 10.0. The molecule has 0 saturated heterocycles. The molecule has 0 bridgehead atoms. The van der Waals surface area contributed by atoms with E-state index in [0.717, 1.165) is 28.1 Å². The largest absolute Gasteiger partial charge is 0.496 e. The van der Waals surface area contributed by atoms with Crippen LogP contribution in [0.25, 0.3) is 11.3 Å². The average Bonchev–Trinajstić information content (AvgIpc) is 3.06. The second kappa shape index (κ2) is 6.80. The molecule has 3 rings (SSSR count). The van der Waals surface area contributed by atoms with Crippen LogP contribution in [0.5, 0.6) is 5.75 Å². The lowest BCUT2D eigenvalue weighted by molar-refractivity contribution is 0.102. The first-order valence-corrected chi connectivity index (χ1v) is 8.29. The molecule has 0 unspecified atom stereocenters. The predicted octanol–water partition coefficient (Wildman–Crippen LogP) is 4.08. The van der Waals surface area contributed by atoms with E-state index in [1.165, 1.54) is 11.3 Å². The molecule has 2 aromatic heterocycles. The molecule has 0 aliphatic rings. The molecule has 3 aromatic rings. The first kappa shape index (κ1) is 16.1. The summed E-state index contributed by atoms with van der Waals surface area (Å²) in [6, 6.07) is 7.36. The quantitative estimate of drug-likeness (QED) is 0.778. The number of aryl methyl sites for hydroxylation is 1. The third-order valence-electron chi connectivity index (χ3n) is 3.80. The SMILES string of the molecule is COc1cc(-c2csc(NC(=O)c3ccncc3)n2)cc(C)c1C. The molecule has 1 aromatic carbocycles. The maximum absolute atomic E-state index is 12.2. The number of hydrogen-bond acceptors (Lipinski definition) is 5. The fraction of sp³-hybridized carbons (Fsp3) is 0.167. The summed E-state index contributed by atoms with van der Waals surface area (Å²) in [6.45, 7) is 4.07. The van der Waals surface area contributed by atoms with Crippen LogP contribution >= 0.6 is 11.3 Å². The molecule has 0 aliphatic carbocycles. The third-order valence-corrected chi connectivity index (χ3v) is 4.56. The van der Waals surface area contributed by atoms with Gasteiger partial charge in [0.25, 0.3) is 5.91 Å². The van der Waals surface area contributed by atoms with Gasteiger partial charge >= 0.3 is 0 Å². The number of aromatic nitrogens is 2. The number of amides is 1. The van der Waals surface area contributed by atoms with Crippen LogP contribution in [0.3, 0.4) is 0 Å². The van der Waals surface area contributed by atoms with E-state index in [0.29, 0.717) is 10.7 Å². The first-order chi connectivity index (χ1) is 11.6. The molecule has 0 atom stereocenters. The van der Waals surface area contributed by atoms with Crippen molar-refractivity contribution in [2.24, 2.45) is 0 Å². The minimum absolute atomic E-state index is 0.198. The van der Waals surface area contributed by atoms with E-state index in [9.17, 15) is 4.79 Å². The molecule has 1 N–H and O–H groups in total. The highest BCUT2D eigenvalue weighted by Crippen LogP contribution is 2.31. The van der Waals surface area contributed by atoms with Crippen molar-refractivity contribution < 1.29 is 9.53 Å². The smallest absolute Gasteiger partial charge is 0.257 e. The third kappa shape index (κ3) is 3.28. The lowest BCUT2D eigenvalue weighted by Gasteiger charge is -2.09. The Bertz CT molecular complexity index is 875. The Hall–Kier alpha value is -2.73. The van der Waals surface area contributed by atoms with Gasteiger partial charge in [-0.15, -0.1) is 11.3 Å². The van der Waals surface area contributed by atoms with E-state index in [1.54, 1.807) is 31.6 Å². The molecule has 122 valence electrons. The van der Waals surface area contributed by atoms with Gasteiger partial charge in [0, 0.05) is 28.9 Å². The van der Waals surface area contributed by atoms with Gasteiger partial charge in [0.1, 0.15) is 5.75 Å². The minimum atomic E-state index is -0.198. The highest BCUT2D eigenvalue weighted by Gasteiger charge is 2.12. The number of methoxy groups -OCH3 is 1. The molecule has 0 saturated carbocycles. The number of carbonyl (C=O) groups is 1. The van der Waals surface area contributed by atoms with Crippen LogP contribution in [-0.4, -0.2) is 23.0 Å². The minimum Gasteiger partial charge on any atom is -0.496 e. The fourth-order valence-corrected chi connectivity index (χ4v) is 3.04. The summed E-state index contributed by atoms with van der Waals surface area (Å²) >= 11 is 1.39. The van der Waals surface area contributed by atoms with Crippen molar-refractivity contribution in [3.63, 3.8) is 0 Å². The van der Waals surface area contributed by atoms with Crippen molar-refractivity contribution in [1.29, 1.82) is 0 Å². The van der Waals surface area contributed by atoms with E-state index < -0.39 is 0 Å². The topological polar surface area (TPSA) is 64.1 Å². The Morgan fingerprint density at radius 1 is 1.21 bits per heavy atom. The summed E-state index contributed by atoms with van der Waals surface area (Å²) in [7, 11) is 1.66. The van der Waals surface area contributed by atoms with Crippen molar-refractivity contribution in [3.8, 4) is 17.0 Å². The normalized spacial score (nSPS) is 10.5. The Kier molecular flexibility index (Phi) is 4.57. The van der Waals surface area contributed by atoms with Crippen LogP contribution in [0.4, 0.5) is 5.13 Å². The highest BCUT2D eigenvalue weighted by molar-refractivity contribution is 7.14. The summed E-state index contributed by atoms with van der Waals surface area (Å²) < 4.78 is 5.42. The number of thiazole rings is 1. The maximum Gasteiger partial charge on any atom is 0.257 e. The predicted molar refractivity (Wildman–Crippen MR) is 95.8 cm³/mol.